The van der Waals surface area contributed by atoms with Gasteiger partial charge in [0.05, 0.1) is 39.6 Å². The Hall–Kier alpha value is -1.19. The summed E-state index contributed by atoms with van der Waals surface area (Å²) in [4.78, 5) is 0. The van der Waals surface area contributed by atoms with Gasteiger partial charge in [-0.1, -0.05) is 0 Å². The van der Waals surface area contributed by atoms with Crippen LogP contribution >= 0.6 is 0 Å². The van der Waals surface area contributed by atoms with Gasteiger partial charge < -0.3 is 139 Å². The molecule has 0 unspecified atom stereocenters. The van der Waals surface area contributed by atoms with E-state index in [1.807, 2.05) is 0 Å². The van der Waals surface area contributed by atoms with E-state index in [9.17, 15) is 91.2 Å². The molecule has 0 radical (unpaired) electrons. The summed E-state index contributed by atoms with van der Waals surface area (Å²) in [5.74, 6) is 0. The largest absolute Gasteiger partial charge is 0.394 e. The summed E-state index contributed by atoms with van der Waals surface area (Å²) in [6.07, 6.45) is -53.7. The normalized spacial score (nSPS) is 53.6. The molecule has 6 aliphatic heterocycles. The van der Waals surface area contributed by atoms with Crippen LogP contribution in [0.5, 0.6) is 0 Å². The topological polar surface area (TPSA) is 445 Å². The molecule has 0 aromatic carbocycles. The van der Waals surface area contributed by atoms with Crippen molar-refractivity contribution in [3.05, 3.63) is 0 Å². The van der Waals surface area contributed by atoms with E-state index in [1.54, 1.807) is 0 Å². The van der Waals surface area contributed by atoms with Crippen LogP contribution in [0.2, 0.25) is 0 Å². The zero-order valence-corrected chi connectivity index (χ0v) is 32.9. The lowest BCUT2D eigenvalue weighted by Crippen LogP contribution is -2.67. The molecule has 0 spiro atoms. The molecule has 0 aliphatic carbocycles. The fraction of sp³-hybridized carbons (Fsp3) is 1.00. The van der Waals surface area contributed by atoms with Gasteiger partial charge >= 0.3 is 0 Å². The van der Waals surface area contributed by atoms with Crippen LogP contribution in [-0.4, -0.2) is 299 Å². The van der Waals surface area contributed by atoms with Gasteiger partial charge in [-0.15, -0.1) is 0 Å². The predicted molar refractivity (Wildman–Crippen MR) is 186 cm³/mol. The molecule has 63 heavy (non-hydrogen) atoms. The lowest BCUT2D eigenvalue weighted by atomic mass is 9.95. The summed E-state index contributed by atoms with van der Waals surface area (Å²) >= 11 is 0. The molecule has 17 N–H and O–H groups in total. The van der Waals surface area contributed by atoms with Crippen LogP contribution in [0.25, 0.3) is 0 Å². The fourth-order valence-electron chi connectivity index (χ4n) is 7.73. The van der Waals surface area contributed by atoms with E-state index in [2.05, 4.69) is 0 Å². The standard InChI is InChI=1S/C34H57FO28/c35-13-17(43)26(10(2-37)57-29(13)52)61-33-24(50)19(45)28(12(59-33)6-56-31-22(48)15(41)8(39)4-54-31)63-34-25(51)20(46)27(62-32-23(49)18(44)16(42)9(1-36)58-32)11(60-34)5-55-30-21(47)14(40)7(38)3-53-30/h7-34,36-52H,1-6H2/t7-,8-,9-,10-,11-,12-,13-,14+,15+,16-,17-,18+,19-,20-,21-,22-,23-,24-,25-,26-,27-,28-,29-,30-,31-,32+,33+,34+/m1/s1. The Morgan fingerprint density at radius 2 is 0.746 bits per heavy atom. The highest BCUT2D eigenvalue weighted by molar-refractivity contribution is 4.98. The van der Waals surface area contributed by atoms with E-state index in [0.717, 1.165) is 0 Å². The third-order valence-corrected chi connectivity index (χ3v) is 11.6. The summed E-state index contributed by atoms with van der Waals surface area (Å²) in [5.41, 5.74) is 0. The smallest absolute Gasteiger partial charge is 0.189 e. The van der Waals surface area contributed by atoms with E-state index < -0.39 is 212 Å². The summed E-state index contributed by atoms with van der Waals surface area (Å²) < 4.78 is 75.5. The quantitative estimate of drug-likeness (QED) is 0.0769. The predicted octanol–water partition coefficient (Wildman–Crippen LogP) is -11.8. The molecule has 6 fully saturated rings. The van der Waals surface area contributed by atoms with Crippen LogP contribution in [-0.2, 0) is 52.1 Å². The molecule has 0 amide bonds. The molecular weight excluding hydrogens is 875 g/mol. The maximum Gasteiger partial charge on any atom is 0.189 e. The zero-order chi connectivity index (χ0) is 46.2. The third-order valence-electron chi connectivity index (χ3n) is 11.6. The van der Waals surface area contributed by atoms with Crippen molar-refractivity contribution in [1.29, 1.82) is 0 Å². The average molecular weight is 933 g/mol. The first kappa shape index (κ1) is 51.2. The molecule has 6 rings (SSSR count). The lowest BCUT2D eigenvalue weighted by molar-refractivity contribution is -0.392. The Bertz CT molecular complexity index is 1410. The Morgan fingerprint density at radius 3 is 1.16 bits per heavy atom. The summed E-state index contributed by atoms with van der Waals surface area (Å²) in [7, 11) is 0. The van der Waals surface area contributed by atoms with E-state index in [0.29, 0.717) is 0 Å². The maximum atomic E-state index is 14.6. The molecular formula is C34H57FO28. The molecule has 0 aromatic rings. The molecule has 28 nitrogen and oxygen atoms in total. The molecule has 28 atom stereocenters. The van der Waals surface area contributed by atoms with Crippen LogP contribution < -0.4 is 0 Å². The van der Waals surface area contributed by atoms with Gasteiger partial charge in [-0.25, -0.2) is 4.39 Å². The first-order valence-corrected chi connectivity index (χ1v) is 19.9. The van der Waals surface area contributed by atoms with Crippen molar-refractivity contribution in [1.82, 2.24) is 0 Å². The van der Waals surface area contributed by atoms with Gasteiger partial charge in [0, 0.05) is 0 Å². The van der Waals surface area contributed by atoms with Crippen molar-refractivity contribution >= 4 is 0 Å². The summed E-state index contributed by atoms with van der Waals surface area (Å²) in [6, 6.07) is 0. The first-order valence-electron chi connectivity index (χ1n) is 19.9. The number of hydrogen-bond acceptors (Lipinski definition) is 28. The van der Waals surface area contributed by atoms with Crippen LogP contribution in [0.15, 0.2) is 0 Å². The van der Waals surface area contributed by atoms with E-state index >= 15 is 0 Å². The van der Waals surface area contributed by atoms with Crippen molar-refractivity contribution in [2.45, 2.75) is 172 Å². The van der Waals surface area contributed by atoms with Gasteiger partial charge in [-0.3, -0.25) is 0 Å². The van der Waals surface area contributed by atoms with Gasteiger partial charge in [0.2, 0.25) is 0 Å². The minimum absolute atomic E-state index is 0.519. The Kier molecular flexibility index (Phi) is 17.7. The Labute approximate surface area is 355 Å². The van der Waals surface area contributed by atoms with Crippen LogP contribution in [0.3, 0.4) is 0 Å². The molecule has 0 aromatic heterocycles. The van der Waals surface area contributed by atoms with Gasteiger partial charge in [-0.05, 0) is 0 Å². The number of aliphatic hydroxyl groups excluding tert-OH is 17. The van der Waals surface area contributed by atoms with E-state index in [-0.39, 0.29) is 0 Å². The van der Waals surface area contributed by atoms with Gasteiger partial charge in [0.15, 0.2) is 43.9 Å². The van der Waals surface area contributed by atoms with Crippen molar-refractivity contribution in [2.24, 2.45) is 0 Å². The first-order chi connectivity index (χ1) is 29.8. The molecule has 368 valence electrons. The van der Waals surface area contributed by atoms with Crippen LogP contribution in [0.1, 0.15) is 0 Å². The number of ether oxygens (including phenoxy) is 11. The van der Waals surface area contributed by atoms with Gasteiger partial charge in [0.25, 0.3) is 0 Å². The Balaban J connectivity index is 1.25. The highest BCUT2D eigenvalue weighted by Gasteiger charge is 2.56. The second-order valence-corrected chi connectivity index (χ2v) is 15.9. The number of alkyl halides is 1. The monoisotopic (exact) mass is 932 g/mol. The zero-order valence-electron chi connectivity index (χ0n) is 32.9. The lowest BCUT2D eigenvalue weighted by Gasteiger charge is -2.49. The molecule has 0 bridgehead atoms. The van der Waals surface area contributed by atoms with Crippen molar-refractivity contribution in [3.8, 4) is 0 Å². The van der Waals surface area contributed by atoms with Crippen LogP contribution in [0.4, 0.5) is 4.39 Å². The third kappa shape index (κ3) is 10.9. The minimum atomic E-state index is -2.49. The van der Waals surface area contributed by atoms with E-state index in [1.165, 1.54) is 0 Å². The molecule has 6 saturated heterocycles. The SMILES string of the molecule is OC[C@H]1O[C@@H](O[C@H]2[C@H](O)[C@@H](O)[C@H](O[C@H]3[C@H](O)[C@@H](O)[C@H](O[C@H]4[C@H](O)[C@@H](F)[C@H](O)O[C@@H]4CO)O[C@@H]3CO[C@H]3OC[C@@H](O)[C@H](O)[C@H]3O)O[C@@H]2CO[C@H]2OC[C@@H](O)[C@H](O)[C@H]2O)[C@H](O)[C@@H](O)[C@@H]1O. The van der Waals surface area contributed by atoms with Crippen LogP contribution in [0, 0.1) is 0 Å². The maximum absolute atomic E-state index is 14.6. The fourth-order valence-corrected chi connectivity index (χ4v) is 7.73. The van der Waals surface area contributed by atoms with Crippen molar-refractivity contribution < 1.29 is 143 Å². The van der Waals surface area contributed by atoms with Crippen molar-refractivity contribution in [3.63, 3.8) is 0 Å². The number of halogens is 1. The molecule has 0 saturated carbocycles. The highest BCUT2D eigenvalue weighted by Crippen LogP contribution is 2.35. The summed E-state index contributed by atoms with van der Waals surface area (Å²) in [6.45, 7) is -4.56. The number of hydrogen-bond donors (Lipinski definition) is 17. The second-order valence-electron chi connectivity index (χ2n) is 15.9. The summed E-state index contributed by atoms with van der Waals surface area (Å²) in [5, 5.41) is 178. The molecule has 6 heterocycles. The Morgan fingerprint density at radius 1 is 0.381 bits per heavy atom. The van der Waals surface area contributed by atoms with Gasteiger partial charge in [-0.2, -0.15) is 0 Å². The van der Waals surface area contributed by atoms with E-state index in [4.69, 9.17) is 52.1 Å². The molecule has 29 heteroatoms. The number of rotatable bonds is 14. The second kappa shape index (κ2) is 21.8. The van der Waals surface area contributed by atoms with Crippen molar-refractivity contribution in [2.75, 3.05) is 39.6 Å². The number of aliphatic hydroxyl groups is 17. The average Bonchev–Trinajstić information content (AvgIpc) is 3.26. The molecule has 6 aliphatic rings. The highest BCUT2D eigenvalue weighted by atomic mass is 19.1. The minimum Gasteiger partial charge on any atom is -0.394 e. The van der Waals surface area contributed by atoms with Gasteiger partial charge in [0.1, 0.15) is 128 Å².